The van der Waals surface area contributed by atoms with Crippen LogP contribution in [0.1, 0.15) is 13.8 Å². The van der Waals surface area contributed by atoms with Crippen molar-refractivity contribution >= 4 is 17.1 Å². The second-order valence-corrected chi connectivity index (χ2v) is 3.70. The van der Waals surface area contributed by atoms with E-state index in [1.54, 1.807) is 6.07 Å². The van der Waals surface area contributed by atoms with Crippen molar-refractivity contribution in [3.05, 3.63) is 28.3 Å². The lowest BCUT2D eigenvalue weighted by Crippen LogP contribution is -2.26. The minimum absolute atomic E-state index is 0.0217. The maximum absolute atomic E-state index is 10.5. The van der Waals surface area contributed by atoms with Crippen molar-refractivity contribution in [1.82, 2.24) is 0 Å². The van der Waals surface area contributed by atoms with Gasteiger partial charge in [0.25, 0.3) is 5.69 Å². The molecule has 2 N–H and O–H groups in total. The van der Waals surface area contributed by atoms with Gasteiger partial charge in [-0.15, -0.1) is 0 Å². The number of benzene rings is 1. The van der Waals surface area contributed by atoms with Gasteiger partial charge in [-0.2, -0.15) is 0 Å². The van der Waals surface area contributed by atoms with Crippen LogP contribution in [0.5, 0.6) is 0 Å². The molecule has 15 heavy (non-hydrogen) atoms. The minimum Gasteiger partial charge on any atom is -0.397 e. The van der Waals surface area contributed by atoms with Gasteiger partial charge in [0.1, 0.15) is 0 Å². The molecule has 0 bridgehead atoms. The second kappa shape index (κ2) is 4.16. The third-order valence-corrected chi connectivity index (χ3v) is 2.38. The standard InChI is InChI=1S/C10H15N3O2/c1-7(2)12(3)10-5-4-8(13(14)15)6-9(10)11/h4-7H,11H2,1-3H3. The summed E-state index contributed by atoms with van der Waals surface area (Å²) in [6, 6.07) is 4.82. The Labute approximate surface area is 88.6 Å². The van der Waals surface area contributed by atoms with Crippen LogP contribution >= 0.6 is 0 Å². The molecule has 1 aromatic carbocycles. The van der Waals surface area contributed by atoms with Gasteiger partial charge in [-0.3, -0.25) is 10.1 Å². The minimum atomic E-state index is -0.449. The molecule has 0 unspecified atom stereocenters. The van der Waals surface area contributed by atoms with Crippen LogP contribution in [0.3, 0.4) is 0 Å². The van der Waals surface area contributed by atoms with Crippen molar-refractivity contribution in [2.75, 3.05) is 17.7 Å². The third-order valence-electron chi connectivity index (χ3n) is 2.38. The summed E-state index contributed by atoms with van der Waals surface area (Å²) in [6.45, 7) is 4.06. The molecule has 0 aliphatic carbocycles. The molecule has 0 saturated carbocycles. The van der Waals surface area contributed by atoms with Crippen LogP contribution < -0.4 is 10.6 Å². The summed E-state index contributed by atoms with van der Waals surface area (Å²) in [5, 5.41) is 10.5. The van der Waals surface area contributed by atoms with E-state index in [1.165, 1.54) is 12.1 Å². The highest BCUT2D eigenvalue weighted by Crippen LogP contribution is 2.27. The molecule has 0 atom stereocenters. The van der Waals surface area contributed by atoms with Crippen molar-refractivity contribution < 1.29 is 4.92 Å². The molecule has 1 rings (SSSR count). The molecular formula is C10H15N3O2. The van der Waals surface area contributed by atoms with Crippen molar-refractivity contribution in [3.8, 4) is 0 Å². The Kier molecular flexibility index (Phi) is 3.14. The van der Waals surface area contributed by atoms with Crippen LogP contribution in [0.4, 0.5) is 17.1 Å². The molecular weight excluding hydrogens is 194 g/mol. The molecule has 0 heterocycles. The Bertz CT molecular complexity index is 377. The Morgan fingerprint density at radius 3 is 2.47 bits per heavy atom. The van der Waals surface area contributed by atoms with Crippen LogP contribution in [0.15, 0.2) is 18.2 Å². The summed E-state index contributed by atoms with van der Waals surface area (Å²) in [5.41, 5.74) is 7.02. The molecule has 5 heteroatoms. The van der Waals surface area contributed by atoms with Crippen LogP contribution in [-0.2, 0) is 0 Å². The highest BCUT2D eigenvalue weighted by molar-refractivity contribution is 5.70. The summed E-state index contributed by atoms with van der Waals surface area (Å²) in [5.74, 6) is 0. The number of nitro benzene ring substituents is 1. The maximum atomic E-state index is 10.5. The lowest BCUT2D eigenvalue weighted by Gasteiger charge is -2.24. The fraction of sp³-hybridized carbons (Fsp3) is 0.400. The van der Waals surface area contributed by atoms with E-state index in [2.05, 4.69) is 0 Å². The van der Waals surface area contributed by atoms with E-state index in [4.69, 9.17) is 5.73 Å². The van der Waals surface area contributed by atoms with Crippen molar-refractivity contribution in [1.29, 1.82) is 0 Å². The highest BCUT2D eigenvalue weighted by atomic mass is 16.6. The summed E-state index contributed by atoms with van der Waals surface area (Å²) in [6.07, 6.45) is 0. The fourth-order valence-corrected chi connectivity index (χ4v) is 1.25. The molecule has 0 aliphatic rings. The molecule has 82 valence electrons. The van der Waals surface area contributed by atoms with E-state index in [0.717, 1.165) is 5.69 Å². The zero-order valence-corrected chi connectivity index (χ0v) is 9.10. The SMILES string of the molecule is CC(C)N(C)c1ccc([N+](=O)[O-])cc1N. The molecule has 0 aliphatic heterocycles. The first-order chi connectivity index (χ1) is 6.93. The number of hydrogen-bond donors (Lipinski definition) is 1. The Morgan fingerprint density at radius 1 is 1.47 bits per heavy atom. The molecule has 1 aromatic rings. The molecule has 5 nitrogen and oxygen atoms in total. The predicted molar refractivity (Wildman–Crippen MR) is 61.0 cm³/mol. The van der Waals surface area contributed by atoms with E-state index in [1.807, 2.05) is 25.8 Å². The van der Waals surface area contributed by atoms with Gasteiger partial charge in [-0.1, -0.05) is 0 Å². The van der Waals surface area contributed by atoms with Gasteiger partial charge >= 0.3 is 0 Å². The molecule has 0 amide bonds. The smallest absolute Gasteiger partial charge is 0.271 e. The van der Waals surface area contributed by atoms with Crippen molar-refractivity contribution in [2.45, 2.75) is 19.9 Å². The number of nitrogen functional groups attached to an aromatic ring is 1. The normalized spacial score (nSPS) is 10.4. The first-order valence-electron chi connectivity index (χ1n) is 4.70. The highest BCUT2D eigenvalue weighted by Gasteiger charge is 2.12. The Hall–Kier alpha value is -1.78. The van der Waals surface area contributed by atoms with Crippen LogP contribution in [-0.4, -0.2) is 18.0 Å². The largest absolute Gasteiger partial charge is 0.397 e. The lowest BCUT2D eigenvalue weighted by molar-refractivity contribution is -0.384. The van der Waals surface area contributed by atoms with Crippen LogP contribution in [0.25, 0.3) is 0 Å². The first-order valence-corrected chi connectivity index (χ1v) is 4.70. The first kappa shape index (κ1) is 11.3. The zero-order valence-electron chi connectivity index (χ0n) is 9.10. The monoisotopic (exact) mass is 209 g/mol. The maximum Gasteiger partial charge on any atom is 0.271 e. The number of rotatable bonds is 3. The number of anilines is 2. The summed E-state index contributed by atoms with van der Waals surface area (Å²) < 4.78 is 0. The molecule has 0 saturated heterocycles. The average molecular weight is 209 g/mol. The number of nitrogens with two attached hydrogens (primary N) is 1. The quantitative estimate of drug-likeness (QED) is 0.469. The number of non-ortho nitro benzene ring substituents is 1. The summed E-state index contributed by atoms with van der Waals surface area (Å²) in [4.78, 5) is 12.0. The summed E-state index contributed by atoms with van der Waals surface area (Å²) >= 11 is 0. The molecule has 0 fully saturated rings. The van der Waals surface area contributed by atoms with E-state index >= 15 is 0 Å². The second-order valence-electron chi connectivity index (χ2n) is 3.70. The Balaban J connectivity index is 3.08. The Morgan fingerprint density at radius 2 is 2.07 bits per heavy atom. The van der Waals surface area contributed by atoms with Gasteiger partial charge in [0.2, 0.25) is 0 Å². The average Bonchev–Trinajstić information content (AvgIpc) is 2.16. The number of nitrogens with zero attached hydrogens (tertiary/aromatic N) is 2. The lowest BCUT2D eigenvalue weighted by atomic mass is 10.2. The van der Waals surface area contributed by atoms with Gasteiger partial charge < -0.3 is 10.6 Å². The van der Waals surface area contributed by atoms with E-state index < -0.39 is 4.92 Å². The zero-order chi connectivity index (χ0) is 11.6. The molecule has 0 aromatic heterocycles. The molecule has 0 radical (unpaired) electrons. The topological polar surface area (TPSA) is 72.4 Å². The van der Waals surface area contributed by atoms with Gasteiger partial charge in [-0.05, 0) is 19.9 Å². The van der Waals surface area contributed by atoms with Gasteiger partial charge in [0.05, 0.1) is 16.3 Å². The van der Waals surface area contributed by atoms with Crippen LogP contribution in [0.2, 0.25) is 0 Å². The third kappa shape index (κ3) is 2.37. The number of hydrogen-bond acceptors (Lipinski definition) is 4. The summed E-state index contributed by atoms with van der Waals surface area (Å²) in [7, 11) is 1.90. The fourth-order valence-electron chi connectivity index (χ4n) is 1.25. The van der Waals surface area contributed by atoms with Gasteiger partial charge in [0, 0.05) is 25.2 Å². The number of nitro groups is 1. The van der Waals surface area contributed by atoms with E-state index in [0.29, 0.717) is 11.7 Å². The van der Waals surface area contributed by atoms with Crippen LogP contribution in [0, 0.1) is 10.1 Å². The van der Waals surface area contributed by atoms with E-state index in [9.17, 15) is 10.1 Å². The molecule has 0 spiro atoms. The van der Waals surface area contributed by atoms with Gasteiger partial charge in [0.15, 0.2) is 0 Å². The predicted octanol–water partition coefficient (Wildman–Crippen LogP) is 2.02. The van der Waals surface area contributed by atoms with Crippen molar-refractivity contribution in [3.63, 3.8) is 0 Å². The van der Waals surface area contributed by atoms with E-state index in [-0.39, 0.29) is 5.69 Å². The van der Waals surface area contributed by atoms with Crippen molar-refractivity contribution in [2.24, 2.45) is 0 Å². The van der Waals surface area contributed by atoms with Gasteiger partial charge in [-0.25, -0.2) is 0 Å².